The number of hydrogen-bond donors (Lipinski definition) is 0. The predicted molar refractivity (Wildman–Crippen MR) is 84.1 cm³/mol. The van der Waals surface area contributed by atoms with E-state index in [0.717, 1.165) is 15.6 Å². The molecule has 4 heteroatoms. The number of halogens is 1. The van der Waals surface area contributed by atoms with Crippen LogP contribution in [0.5, 0.6) is 0 Å². The van der Waals surface area contributed by atoms with Crippen molar-refractivity contribution in [3.63, 3.8) is 0 Å². The molecule has 2 aromatic carbocycles. The van der Waals surface area contributed by atoms with Gasteiger partial charge in [-0.25, -0.2) is 4.79 Å². The molecule has 0 radical (unpaired) electrons. The lowest BCUT2D eigenvalue weighted by molar-refractivity contribution is -0.138. The van der Waals surface area contributed by atoms with E-state index in [4.69, 9.17) is 10.00 Å². The highest BCUT2D eigenvalue weighted by atomic mass is 79.9. The normalized spacial score (nSPS) is 10.3. The fraction of sp³-hybridized carbons (Fsp3) is 0.0588. The minimum absolute atomic E-state index is 0.150. The van der Waals surface area contributed by atoms with Gasteiger partial charge in [0.25, 0.3) is 0 Å². The van der Waals surface area contributed by atoms with Crippen molar-refractivity contribution in [3.05, 3.63) is 75.8 Å². The summed E-state index contributed by atoms with van der Waals surface area (Å²) in [6, 6.07) is 16.6. The third-order valence-corrected chi connectivity index (χ3v) is 3.19. The van der Waals surface area contributed by atoms with E-state index in [1.165, 1.54) is 6.08 Å². The van der Waals surface area contributed by atoms with Crippen LogP contribution in [0.2, 0.25) is 0 Å². The highest BCUT2D eigenvalue weighted by Gasteiger charge is 2.00. The van der Waals surface area contributed by atoms with Crippen LogP contribution < -0.4 is 0 Å². The molecule has 0 amide bonds. The number of nitrogens with zero attached hydrogens (tertiary/aromatic N) is 1. The Balaban J connectivity index is 1.91. The highest BCUT2D eigenvalue weighted by molar-refractivity contribution is 9.10. The first-order valence-electron chi connectivity index (χ1n) is 6.27. The smallest absolute Gasteiger partial charge is 0.331 e. The van der Waals surface area contributed by atoms with E-state index in [-0.39, 0.29) is 6.61 Å². The van der Waals surface area contributed by atoms with Crippen molar-refractivity contribution in [1.82, 2.24) is 0 Å². The summed E-state index contributed by atoms with van der Waals surface area (Å²) < 4.78 is 6.08. The maximum Gasteiger partial charge on any atom is 0.331 e. The summed E-state index contributed by atoms with van der Waals surface area (Å²) >= 11 is 3.37. The second-order valence-electron chi connectivity index (χ2n) is 4.31. The van der Waals surface area contributed by atoms with Crippen LogP contribution >= 0.6 is 15.9 Å². The molecule has 0 unspecified atom stereocenters. The average molecular weight is 342 g/mol. The van der Waals surface area contributed by atoms with Crippen molar-refractivity contribution in [3.8, 4) is 6.07 Å². The second-order valence-corrected chi connectivity index (χ2v) is 5.22. The van der Waals surface area contributed by atoms with Crippen LogP contribution in [0, 0.1) is 11.3 Å². The van der Waals surface area contributed by atoms with Gasteiger partial charge in [0, 0.05) is 10.5 Å². The fourth-order valence-electron chi connectivity index (χ4n) is 1.71. The molecular formula is C17H12BrNO2. The van der Waals surface area contributed by atoms with Gasteiger partial charge in [0.2, 0.25) is 0 Å². The summed E-state index contributed by atoms with van der Waals surface area (Å²) in [7, 11) is 0. The van der Waals surface area contributed by atoms with E-state index in [1.54, 1.807) is 24.3 Å². The van der Waals surface area contributed by atoms with Gasteiger partial charge < -0.3 is 4.74 Å². The SMILES string of the molecule is N#Cc1cccc(COC(=O)/C=C/c2cccc(Br)c2)c1. The predicted octanol–water partition coefficient (Wildman–Crippen LogP) is 4.08. The van der Waals surface area contributed by atoms with Gasteiger partial charge >= 0.3 is 5.97 Å². The Kier molecular flexibility index (Phi) is 5.30. The largest absolute Gasteiger partial charge is 0.458 e. The van der Waals surface area contributed by atoms with Gasteiger partial charge in [-0.1, -0.05) is 40.2 Å². The van der Waals surface area contributed by atoms with Crippen LogP contribution in [0.15, 0.2) is 59.1 Å². The summed E-state index contributed by atoms with van der Waals surface area (Å²) in [5.74, 6) is -0.419. The van der Waals surface area contributed by atoms with Crippen LogP contribution in [-0.2, 0) is 16.1 Å². The molecule has 0 aliphatic heterocycles. The van der Waals surface area contributed by atoms with Gasteiger partial charge in [0.1, 0.15) is 6.61 Å². The van der Waals surface area contributed by atoms with Crippen molar-refractivity contribution >= 4 is 28.0 Å². The lowest BCUT2D eigenvalue weighted by atomic mass is 10.1. The topological polar surface area (TPSA) is 50.1 Å². The number of rotatable bonds is 4. The number of carbonyl (C=O) groups is 1. The summed E-state index contributed by atoms with van der Waals surface area (Å²) in [6.45, 7) is 0.150. The van der Waals surface area contributed by atoms with Crippen molar-refractivity contribution in [1.29, 1.82) is 5.26 Å². The molecule has 3 nitrogen and oxygen atoms in total. The Morgan fingerprint density at radius 2 is 2.05 bits per heavy atom. The Labute approximate surface area is 131 Å². The number of nitriles is 1. The zero-order valence-electron chi connectivity index (χ0n) is 11.1. The number of benzene rings is 2. The molecule has 0 fully saturated rings. The van der Waals surface area contributed by atoms with E-state index < -0.39 is 5.97 Å². The molecule has 0 heterocycles. The van der Waals surface area contributed by atoms with Crippen LogP contribution in [0.25, 0.3) is 6.08 Å². The quantitative estimate of drug-likeness (QED) is 0.621. The van der Waals surface area contributed by atoms with Crippen LogP contribution in [0.4, 0.5) is 0 Å². The zero-order chi connectivity index (χ0) is 15.1. The highest BCUT2D eigenvalue weighted by Crippen LogP contribution is 2.13. The second kappa shape index (κ2) is 7.41. The van der Waals surface area contributed by atoms with E-state index in [9.17, 15) is 4.79 Å². The zero-order valence-corrected chi connectivity index (χ0v) is 12.7. The van der Waals surface area contributed by atoms with Crippen LogP contribution in [0.1, 0.15) is 16.7 Å². The van der Waals surface area contributed by atoms with Gasteiger partial charge in [0.15, 0.2) is 0 Å². The van der Waals surface area contributed by atoms with Crippen LogP contribution in [-0.4, -0.2) is 5.97 Å². The number of ether oxygens (including phenoxy) is 1. The number of carbonyl (C=O) groups excluding carboxylic acids is 1. The van der Waals surface area contributed by atoms with E-state index in [0.29, 0.717) is 5.56 Å². The molecule has 0 aliphatic carbocycles. The van der Waals surface area contributed by atoms with Gasteiger partial charge in [-0.05, 0) is 41.5 Å². The Hall–Kier alpha value is -2.38. The summed E-state index contributed by atoms with van der Waals surface area (Å²) in [4.78, 5) is 11.6. The van der Waals surface area contributed by atoms with Crippen LogP contribution in [0.3, 0.4) is 0 Å². The molecule has 2 rings (SSSR count). The molecule has 2 aromatic rings. The van der Waals surface area contributed by atoms with E-state index >= 15 is 0 Å². The summed E-state index contributed by atoms with van der Waals surface area (Å²) in [5, 5.41) is 8.80. The number of hydrogen-bond acceptors (Lipinski definition) is 3. The molecule has 0 saturated heterocycles. The first kappa shape index (κ1) is 15.0. The average Bonchev–Trinajstić information content (AvgIpc) is 2.51. The van der Waals surface area contributed by atoms with Crippen molar-refractivity contribution in [2.24, 2.45) is 0 Å². The molecular weight excluding hydrogens is 330 g/mol. The number of esters is 1. The molecule has 0 atom stereocenters. The molecule has 0 spiro atoms. The lowest BCUT2D eigenvalue weighted by Crippen LogP contribution is -2.00. The molecule has 0 N–H and O–H groups in total. The molecule has 21 heavy (non-hydrogen) atoms. The third kappa shape index (κ3) is 4.90. The first-order valence-corrected chi connectivity index (χ1v) is 7.06. The molecule has 0 saturated carbocycles. The minimum Gasteiger partial charge on any atom is -0.458 e. The lowest BCUT2D eigenvalue weighted by Gasteiger charge is -2.02. The van der Waals surface area contributed by atoms with Crippen molar-refractivity contribution in [2.45, 2.75) is 6.61 Å². The maximum atomic E-state index is 11.6. The standard InChI is InChI=1S/C17H12BrNO2/c18-16-6-2-3-13(10-16)7-8-17(20)21-12-15-5-1-4-14(9-15)11-19/h1-10H,12H2/b8-7+. The monoisotopic (exact) mass is 341 g/mol. The molecule has 0 aromatic heterocycles. The van der Waals surface area contributed by atoms with Crippen molar-refractivity contribution in [2.75, 3.05) is 0 Å². The Bertz CT molecular complexity index is 717. The minimum atomic E-state index is -0.419. The van der Waals surface area contributed by atoms with Crippen molar-refractivity contribution < 1.29 is 9.53 Å². The Morgan fingerprint density at radius 3 is 2.81 bits per heavy atom. The third-order valence-electron chi connectivity index (χ3n) is 2.70. The fourth-order valence-corrected chi connectivity index (χ4v) is 2.12. The first-order chi connectivity index (χ1) is 10.2. The van der Waals surface area contributed by atoms with E-state index in [1.807, 2.05) is 36.4 Å². The Morgan fingerprint density at radius 1 is 1.24 bits per heavy atom. The van der Waals surface area contributed by atoms with Gasteiger partial charge in [-0.2, -0.15) is 5.26 Å². The molecule has 0 bridgehead atoms. The van der Waals surface area contributed by atoms with E-state index in [2.05, 4.69) is 15.9 Å². The summed E-state index contributed by atoms with van der Waals surface area (Å²) in [6.07, 6.45) is 3.08. The molecule has 0 aliphatic rings. The van der Waals surface area contributed by atoms with Gasteiger partial charge in [-0.3, -0.25) is 0 Å². The van der Waals surface area contributed by atoms with Gasteiger partial charge in [0.05, 0.1) is 11.6 Å². The molecule has 104 valence electrons. The van der Waals surface area contributed by atoms with Gasteiger partial charge in [-0.15, -0.1) is 0 Å². The maximum absolute atomic E-state index is 11.6. The summed E-state index contributed by atoms with van der Waals surface area (Å²) in [5.41, 5.74) is 2.25.